The molecule has 1 aromatic heterocycles. The fourth-order valence-corrected chi connectivity index (χ4v) is 2.73. The highest BCUT2D eigenvalue weighted by atomic mass is 14.6. The van der Waals surface area contributed by atoms with Crippen molar-refractivity contribution in [3.63, 3.8) is 0 Å². The van der Waals surface area contributed by atoms with Crippen LogP contribution in [0.4, 0.5) is 0 Å². The van der Waals surface area contributed by atoms with Crippen LogP contribution in [0.1, 0.15) is 63.9 Å². The van der Waals surface area contributed by atoms with E-state index < -0.39 is 0 Å². The number of unbranched alkanes of at least 4 members (excludes halogenated alkanes) is 2. The van der Waals surface area contributed by atoms with Crippen LogP contribution in [0, 0.1) is 0 Å². The van der Waals surface area contributed by atoms with Gasteiger partial charge in [0.25, 0.3) is 0 Å². The van der Waals surface area contributed by atoms with Crippen LogP contribution in [0.25, 0.3) is 10.9 Å². The van der Waals surface area contributed by atoms with E-state index in [2.05, 4.69) is 43.1 Å². The van der Waals surface area contributed by atoms with Crippen molar-refractivity contribution in [2.75, 3.05) is 0 Å². The second kappa shape index (κ2) is 7.28. The smallest absolute Gasteiger partial charge is 0.0702 e. The van der Waals surface area contributed by atoms with Crippen LogP contribution >= 0.6 is 0 Å². The molecule has 0 bridgehead atoms. The zero-order chi connectivity index (χ0) is 13.5. The third-order valence-electron chi connectivity index (χ3n) is 3.91. The molecule has 2 rings (SSSR count). The van der Waals surface area contributed by atoms with E-state index in [1.165, 1.54) is 49.5 Å². The normalized spacial score (nSPS) is 11.3. The number of pyridine rings is 1. The second-order valence-corrected chi connectivity index (χ2v) is 5.44. The summed E-state index contributed by atoms with van der Waals surface area (Å²) in [5.41, 5.74) is 2.61. The molecule has 0 aliphatic carbocycles. The molecule has 0 aliphatic rings. The van der Waals surface area contributed by atoms with Gasteiger partial charge in [0.05, 0.1) is 5.52 Å². The number of nitrogens with zero attached hydrogens (tertiary/aromatic N) is 1. The molecular weight excluding hydrogens is 230 g/mol. The second-order valence-electron chi connectivity index (χ2n) is 5.44. The fraction of sp³-hybridized carbons (Fsp3) is 0.500. The molecule has 0 radical (unpaired) electrons. The maximum atomic E-state index is 4.41. The van der Waals surface area contributed by atoms with Crippen LogP contribution in [0.2, 0.25) is 0 Å². The molecule has 0 aliphatic heterocycles. The lowest BCUT2D eigenvalue weighted by atomic mass is 9.88. The van der Waals surface area contributed by atoms with E-state index in [1.54, 1.807) is 0 Å². The van der Waals surface area contributed by atoms with Gasteiger partial charge in [-0.3, -0.25) is 4.98 Å². The average molecular weight is 255 g/mol. The summed E-state index contributed by atoms with van der Waals surface area (Å²) in [6.45, 7) is 4.56. The van der Waals surface area contributed by atoms with E-state index in [-0.39, 0.29) is 0 Å². The van der Waals surface area contributed by atoms with Gasteiger partial charge in [0, 0.05) is 11.6 Å². The number of fused-ring (bicyclic) bond motifs is 1. The lowest BCUT2D eigenvalue weighted by molar-refractivity contribution is 0.525. The molecule has 2 aromatic rings. The highest BCUT2D eigenvalue weighted by Gasteiger charge is 2.11. The quantitative estimate of drug-likeness (QED) is 0.618. The Hall–Kier alpha value is -1.37. The van der Waals surface area contributed by atoms with Gasteiger partial charge >= 0.3 is 0 Å². The van der Waals surface area contributed by atoms with E-state index >= 15 is 0 Å². The summed E-state index contributed by atoms with van der Waals surface area (Å²) in [5.74, 6) is 0.726. The first-order chi connectivity index (χ1) is 9.35. The number of rotatable bonds is 7. The molecule has 0 saturated carbocycles. The molecule has 1 heterocycles. The zero-order valence-electron chi connectivity index (χ0n) is 12.2. The third-order valence-corrected chi connectivity index (χ3v) is 3.91. The molecule has 0 fully saturated rings. The Labute approximate surface area is 117 Å². The summed E-state index contributed by atoms with van der Waals surface area (Å²) in [7, 11) is 0. The molecule has 1 heteroatoms. The summed E-state index contributed by atoms with van der Waals surface area (Å²) in [6, 6.07) is 11.0. The Morgan fingerprint density at radius 2 is 1.74 bits per heavy atom. The Balaban J connectivity index is 2.21. The van der Waals surface area contributed by atoms with Gasteiger partial charge in [0.15, 0.2) is 0 Å². The van der Waals surface area contributed by atoms with Gasteiger partial charge < -0.3 is 0 Å². The fourth-order valence-electron chi connectivity index (χ4n) is 2.73. The van der Waals surface area contributed by atoms with E-state index in [9.17, 15) is 0 Å². The van der Waals surface area contributed by atoms with Gasteiger partial charge in [-0.25, -0.2) is 0 Å². The van der Waals surface area contributed by atoms with Crippen molar-refractivity contribution in [2.24, 2.45) is 0 Å². The molecule has 102 valence electrons. The van der Waals surface area contributed by atoms with Crippen molar-refractivity contribution in [2.45, 2.75) is 58.3 Å². The minimum atomic E-state index is 0.726. The topological polar surface area (TPSA) is 12.9 Å². The first kappa shape index (κ1) is 14.0. The third kappa shape index (κ3) is 3.79. The lowest BCUT2D eigenvalue weighted by Crippen LogP contribution is -1.99. The Bertz CT molecular complexity index is 496. The largest absolute Gasteiger partial charge is 0.256 e. The van der Waals surface area contributed by atoms with Crippen LogP contribution in [0.15, 0.2) is 36.5 Å². The lowest BCUT2D eigenvalue weighted by Gasteiger charge is -2.17. The van der Waals surface area contributed by atoms with Crippen LogP contribution in [0.5, 0.6) is 0 Å². The minimum Gasteiger partial charge on any atom is -0.256 e. The average Bonchev–Trinajstić information content (AvgIpc) is 2.47. The van der Waals surface area contributed by atoms with Crippen LogP contribution in [-0.4, -0.2) is 4.98 Å². The van der Waals surface area contributed by atoms with Crippen molar-refractivity contribution in [3.8, 4) is 0 Å². The first-order valence-electron chi connectivity index (χ1n) is 7.69. The van der Waals surface area contributed by atoms with Crippen LogP contribution in [-0.2, 0) is 0 Å². The van der Waals surface area contributed by atoms with Crippen molar-refractivity contribution in [1.82, 2.24) is 4.98 Å². The van der Waals surface area contributed by atoms with E-state index in [0.29, 0.717) is 0 Å². The van der Waals surface area contributed by atoms with E-state index in [1.807, 2.05) is 12.3 Å². The molecule has 0 spiro atoms. The molecular formula is C18H25N. The van der Waals surface area contributed by atoms with Gasteiger partial charge in [-0.15, -0.1) is 0 Å². The van der Waals surface area contributed by atoms with E-state index in [0.717, 1.165) is 11.4 Å². The molecule has 0 N–H and O–H groups in total. The van der Waals surface area contributed by atoms with Gasteiger partial charge in [-0.1, -0.05) is 51.7 Å². The Kier molecular flexibility index (Phi) is 5.38. The molecule has 0 amide bonds. The molecule has 0 saturated heterocycles. The van der Waals surface area contributed by atoms with Crippen LogP contribution in [0.3, 0.4) is 0 Å². The summed E-state index contributed by atoms with van der Waals surface area (Å²) >= 11 is 0. The molecule has 0 unspecified atom stereocenters. The maximum Gasteiger partial charge on any atom is 0.0702 e. The maximum absolute atomic E-state index is 4.41. The summed E-state index contributed by atoms with van der Waals surface area (Å²) in [4.78, 5) is 4.41. The standard InChI is InChI=1S/C18H25N/c1-3-5-8-15(9-6-4-2)16-11-12-18-17(14-16)10-7-13-19-18/h7,10-15H,3-6,8-9H2,1-2H3. The van der Waals surface area contributed by atoms with E-state index in [4.69, 9.17) is 0 Å². The Morgan fingerprint density at radius 3 is 2.42 bits per heavy atom. The molecule has 1 nitrogen and oxygen atoms in total. The van der Waals surface area contributed by atoms with Crippen LogP contribution < -0.4 is 0 Å². The zero-order valence-corrected chi connectivity index (χ0v) is 12.2. The highest BCUT2D eigenvalue weighted by Crippen LogP contribution is 2.29. The number of aromatic nitrogens is 1. The minimum absolute atomic E-state index is 0.726. The van der Waals surface area contributed by atoms with Gasteiger partial charge in [0.2, 0.25) is 0 Å². The molecule has 19 heavy (non-hydrogen) atoms. The summed E-state index contributed by atoms with van der Waals surface area (Å²) in [5, 5.41) is 1.28. The number of benzene rings is 1. The monoisotopic (exact) mass is 255 g/mol. The van der Waals surface area contributed by atoms with Gasteiger partial charge in [-0.05, 0) is 42.5 Å². The highest BCUT2D eigenvalue weighted by molar-refractivity contribution is 5.79. The van der Waals surface area contributed by atoms with Gasteiger partial charge in [-0.2, -0.15) is 0 Å². The summed E-state index contributed by atoms with van der Waals surface area (Å²) < 4.78 is 0. The van der Waals surface area contributed by atoms with Crippen molar-refractivity contribution >= 4 is 10.9 Å². The van der Waals surface area contributed by atoms with Crippen molar-refractivity contribution < 1.29 is 0 Å². The Morgan fingerprint density at radius 1 is 1.00 bits per heavy atom. The predicted octanol–water partition coefficient (Wildman–Crippen LogP) is 5.70. The number of hydrogen-bond donors (Lipinski definition) is 0. The summed E-state index contributed by atoms with van der Waals surface area (Å²) in [6.07, 6.45) is 9.76. The first-order valence-corrected chi connectivity index (χ1v) is 7.69. The number of hydrogen-bond acceptors (Lipinski definition) is 1. The van der Waals surface area contributed by atoms with Crippen molar-refractivity contribution in [1.29, 1.82) is 0 Å². The molecule has 1 aromatic carbocycles. The SMILES string of the molecule is CCCCC(CCCC)c1ccc2ncccc2c1. The predicted molar refractivity (Wildman–Crippen MR) is 83.5 cm³/mol. The van der Waals surface area contributed by atoms with Crippen molar-refractivity contribution in [3.05, 3.63) is 42.1 Å². The van der Waals surface area contributed by atoms with Gasteiger partial charge in [0.1, 0.15) is 0 Å². The molecule has 0 atom stereocenters.